The molecule has 3 aliphatic rings. The second-order valence-corrected chi connectivity index (χ2v) is 9.66. The molecule has 0 atom stereocenters. The van der Waals surface area contributed by atoms with Crippen LogP contribution in [0.5, 0.6) is 0 Å². The van der Waals surface area contributed by atoms with E-state index in [1.165, 1.54) is 11.1 Å². The Labute approximate surface area is 206 Å². The summed E-state index contributed by atoms with van der Waals surface area (Å²) in [5, 5.41) is 0. The highest BCUT2D eigenvalue weighted by atomic mass is 16.5. The summed E-state index contributed by atoms with van der Waals surface area (Å²) in [5.74, 6) is 1.84. The van der Waals surface area contributed by atoms with Crippen LogP contribution in [-0.4, -0.2) is 60.2 Å². The summed E-state index contributed by atoms with van der Waals surface area (Å²) in [5.41, 5.74) is 6.76. The number of morpholine rings is 1. The fourth-order valence-electron chi connectivity index (χ4n) is 5.36. The van der Waals surface area contributed by atoms with Crippen LogP contribution in [0.25, 0.3) is 0 Å². The maximum absolute atomic E-state index is 13.3. The second-order valence-electron chi connectivity index (χ2n) is 9.66. The van der Waals surface area contributed by atoms with Gasteiger partial charge >= 0.3 is 0 Å². The van der Waals surface area contributed by atoms with E-state index < -0.39 is 0 Å². The van der Waals surface area contributed by atoms with Crippen LogP contribution in [0.4, 0.5) is 11.8 Å². The molecule has 35 heavy (non-hydrogen) atoms. The standard InChI is InChI=1S/C28H31N5O2/c1-20-5-4-8-22(17-20)27(34)32-12-10-25-24(19-32)26(31-13-15-35-16-14-31)30-28(29-25)33-11-9-21-6-2-3-7-23(21)18-33/h2-8,17H,9-16,18-19H2,1H3. The number of benzene rings is 2. The van der Waals surface area contributed by atoms with Gasteiger partial charge < -0.3 is 19.4 Å². The number of carbonyl (C=O) groups is 1. The van der Waals surface area contributed by atoms with Gasteiger partial charge in [0.25, 0.3) is 5.91 Å². The summed E-state index contributed by atoms with van der Waals surface area (Å²) in [6.07, 6.45) is 1.74. The van der Waals surface area contributed by atoms with E-state index in [9.17, 15) is 4.79 Å². The van der Waals surface area contributed by atoms with E-state index in [0.29, 0.717) is 26.3 Å². The first-order valence-corrected chi connectivity index (χ1v) is 12.6. The quantitative estimate of drug-likeness (QED) is 0.586. The molecule has 1 fully saturated rings. The van der Waals surface area contributed by atoms with E-state index in [2.05, 4.69) is 34.1 Å². The van der Waals surface area contributed by atoms with Gasteiger partial charge in [-0.2, -0.15) is 4.98 Å². The first kappa shape index (κ1) is 22.0. The van der Waals surface area contributed by atoms with E-state index >= 15 is 0 Å². The molecule has 0 radical (unpaired) electrons. The third kappa shape index (κ3) is 4.36. The van der Waals surface area contributed by atoms with Crippen molar-refractivity contribution in [1.29, 1.82) is 0 Å². The first-order valence-electron chi connectivity index (χ1n) is 12.6. The van der Waals surface area contributed by atoms with Crippen molar-refractivity contribution in [2.45, 2.75) is 32.9 Å². The molecule has 0 unspecified atom stereocenters. The number of hydrogen-bond donors (Lipinski definition) is 0. The molecule has 1 amide bonds. The predicted octanol–water partition coefficient (Wildman–Crippen LogP) is 3.38. The van der Waals surface area contributed by atoms with Crippen molar-refractivity contribution in [3.8, 4) is 0 Å². The first-order chi connectivity index (χ1) is 17.2. The molecule has 0 spiro atoms. The smallest absolute Gasteiger partial charge is 0.254 e. The highest BCUT2D eigenvalue weighted by Crippen LogP contribution is 2.32. The van der Waals surface area contributed by atoms with Gasteiger partial charge in [-0.25, -0.2) is 4.98 Å². The van der Waals surface area contributed by atoms with Crippen LogP contribution in [0.1, 0.15) is 38.3 Å². The zero-order valence-corrected chi connectivity index (χ0v) is 20.2. The third-order valence-corrected chi connectivity index (χ3v) is 7.30. The SMILES string of the molecule is Cc1cccc(C(=O)N2CCc3nc(N4CCc5ccccc5C4)nc(N4CCOCC4)c3C2)c1. The molecule has 0 bridgehead atoms. The molecule has 0 saturated carbocycles. The average Bonchev–Trinajstić information content (AvgIpc) is 2.92. The van der Waals surface area contributed by atoms with Crippen LogP contribution in [0.2, 0.25) is 0 Å². The van der Waals surface area contributed by atoms with Gasteiger partial charge in [0.15, 0.2) is 0 Å². The molecule has 180 valence electrons. The number of nitrogens with zero attached hydrogens (tertiary/aromatic N) is 5. The molecule has 3 aliphatic heterocycles. The lowest BCUT2D eigenvalue weighted by Gasteiger charge is -2.36. The Bertz CT molecular complexity index is 1250. The Morgan fingerprint density at radius 3 is 2.51 bits per heavy atom. The zero-order chi connectivity index (χ0) is 23.8. The molecular weight excluding hydrogens is 438 g/mol. The maximum atomic E-state index is 13.3. The van der Waals surface area contributed by atoms with E-state index in [1.807, 2.05) is 36.1 Å². The molecule has 1 saturated heterocycles. The fourth-order valence-corrected chi connectivity index (χ4v) is 5.36. The summed E-state index contributed by atoms with van der Waals surface area (Å²) in [6.45, 7) is 7.96. The Kier molecular flexibility index (Phi) is 5.86. The van der Waals surface area contributed by atoms with Crippen LogP contribution < -0.4 is 9.80 Å². The number of aromatic nitrogens is 2. The summed E-state index contributed by atoms with van der Waals surface area (Å²) < 4.78 is 5.62. The van der Waals surface area contributed by atoms with Crippen molar-refractivity contribution in [3.63, 3.8) is 0 Å². The van der Waals surface area contributed by atoms with Gasteiger partial charge in [0.05, 0.1) is 25.5 Å². The lowest BCUT2D eigenvalue weighted by molar-refractivity contribution is 0.0733. The van der Waals surface area contributed by atoms with Crippen molar-refractivity contribution in [2.75, 3.05) is 49.2 Å². The Morgan fingerprint density at radius 1 is 0.857 bits per heavy atom. The monoisotopic (exact) mass is 469 g/mol. The van der Waals surface area contributed by atoms with Gasteiger partial charge in [0.1, 0.15) is 5.82 Å². The van der Waals surface area contributed by atoms with Crippen LogP contribution in [-0.2, 0) is 30.7 Å². The van der Waals surface area contributed by atoms with Crippen molar-refractivity contribution >= 4 is 17.7 Å². The normalized spacial score (nSPS) is 17.7. The van der Waals surface area contributed by atoms with Crippen molar-refractivity contribution in [1.82, 2.24) is 14.9 Å². The highest BCUT2D eigenvalue weighted by Gasteiger charge is 2.30. The number of rotatable bonds is 3. The minimum Gasteiger partial charge on any atom is -0.378 e. The van der Waals surface area contributed by atoms with Crippen molar-refractivity contribution < 1.29 is 9.53 Å². The Morgan fingerprint density at radius 2 is 1.69 bits per heavy atom. The van der Waals surface area contributed by atoms with E-state index in [4.69, 9.17) is 14.7 Å². The number of anilines is 2. The highest BCUT2D eigenvalue weighted by molar-refractivity contribution is 5.94. The van der Waals surface area contributed by atoms with E-state index in [1.54, 1.807) is 0 Å². The minimum atomic E-state index is 0.0731. The second kappa shape index (κ2) is 9.30. The third-order valence-electron chi connectivity index (χ3n) is 7.30. The largest absolute Gasteiger partial charge is 0.378 e. The summed E-state index contributed by atoms with van der Waals surface area (Å²) in [6, 6.07) is 16.5. The molecule has 3 aromatic rings. The van der Waals surface area contributed by atoms with Gasteiger partial charge in [-0.1, -0.05) is 42.0 Å². The van der Waals surface area contributed by atoms with Gasteiger partial charge in [-0.15, -0.1) is 0 Å². The number of fused-ring (bicyclic) bond motifs is 2. The lowest BCUT2D eigenvalue weighted by Crippen LogP contribution is -2.42. The van der Waals surface area contributed by atoms with E-state index in [0.717, 1.165) is 73.2 Å². The van der Waals surface area contributed by atoms with E-state index in [-0.39, 0.29) is 5.91 Å². The van der Waals surface area contributed by atoms with Gasteiger partial charge in [0, 0.05) is 50.3 Å². The molecule has 2 aromatic carbocycles. The molecule has 7 nitrogen and oxygen atoms in total. The topological polar surface area (TPSA) is 61.8 Å². The maximum Gasteiger partial charge on any atom is 0.254 e. The fraction of sp³-hybridized carbons (Fsp3) is 0.393. The minimum absolute atomic E-state index is 0.0731. The molecule has 6 rings (SSSR count). The summed E-state index contributed by atoms with van der Waals surface area (Å²) in [4.78, 5) is 30.1. The van der Waals surface area contributed by atoms with Crippen molar-refractivity contribution in [3.05, 3.63) is 82.0 Å². The van der Waals surface area contributed by atoms with Gasteiger partial charge in [-0.05, 0) is 36.6 Å². The average molecular weight is 470 g/mol. The zero-order valence-electron chi connectivity index (χ0n) is 20.2. The number of aryl methyl sites for hydroxylation is 1. The number of carbonyl (C=O) groups excluding carboxylic acids is 1. The molecular formula is C28H31N5O2. The van der Waals surface area contributed by atoms with Crippen LogP contribution in [0.15, 0.2) is 48.5 Å². The summed E-state index contributed by atoms with van der Waals surface area (Å²) >= 11 is 0. The Hall–Kier alpha value is -3.45. The van der Waals surface area contributed by atoms with Crippen molar-refractivity contribution in [2.24, 2.45) is 0 Å². The molecule has 7 heteroatoms. The number of ether oxygens (including phenoxy) is 1. The molecule has 0 aliphatic carbocycles. The van der Waals surface area contributed by atoms with Crippen LogP contribution in [0.3, 0.4) is 0 Å². The molecule has 0 N–H and O–H groups in total. The Balaban J connectivity index is 1.33. The lowest BCUT2D eigenvalue weighted by atomic mass is 10.00. The van der Waals surface area contributed by atoms with Crippen LogP contribution in [0, 0.1) is 6.92 Å². The number of hydrogen-bond acceptors (Lipinski definition) is 6. The molecule has 1 aromatic heterocycles. The number of amides is 1. The van der Waals surface area contributed by atoms with Crippen LogP contribution >= 0.6 is 0 Å². The molecule has 4 heterocycles. The van der Waals surface area contributed by atoms with Gasteiger partial charge in [0.2, 0.25) is 5.95 Å². The summed E-state index contributed by atoms with van der Waals surface area (Å²) in [7, 11) is 0. The van der Waals surface area contributed by atoms with Gasteiger partial charge in [-0.3, -0.25) is 4.79 Å². The predicted molar refractivity (Wildman–Crippen MR) is 136 cm³/mol.